The summed E-state index contributed by atoms with van der Waals surface area (Å²) < 4.78 is 0. The molecule has 2 aromatic carbocycles. The van der Waals surface area contributed by atoms with E-state index < -0.39 is 0 Å². The highest BCUT2D eigenvalue weighted by Crippen LogP contribution is 2.22. The highest BCUT2D eigenvalue weighted by atomic mass is 16.3. The van der Waals surface area contributed by atoms with Gasteiger partial charge in [0.05, 0.1) is 6.10 Å². The van der Waals surface area contributed by atoms with Crippen LogP contribution in [0.15, 0.2) is 42.5 Å². The molecule has 0 unspecified atom stereocenters. The molecule has 0 radical (unpaired) electrons. The number of piperidine rings is 1. The van der Waals surface area contributed by atoms with Crippen molar-refractivity contribution in [2.75, 3.05) is 13.1 Å². The quantitative estimate of drug-likeness (QED) is 0.838. The van der Waals surface area contributed by atoms with Crippen molar-refractivity contribution in [3.05, 3.63) is 70.3 Å². The maximum atomic E-state index is 12.7. The second-order valence-corrected chi connectivity index (χ2v) is 8.15. The molecular weight excluding hydrogens is 348 g/mol. The van der Waals surface area contributed by atoms with E-state index in [0.29, 0.717) is 6.54 Å². The van der Waals surface area contributed by atoms with E-state index in [4.69, 9.17) is 0 Å². The molecule has 148 valence electrons. The van der Waals surface area contributed by atoms with Gasteiger partial charge >= 0.3 is 0 Å². The van der Waals surface area contributed by atoms with E-state index in [1.165, 1.54) is 35.1 Å². The third-order valence-corrected chi connectivity index (χ3v) is 6.12. The van der Waals surface area contributed by atoms with Gasteiger partial charge in [-0.3, -0.25) is 9.69 Å². The van der Waals surface area contributed by atoms with Gasteiger partial charge in [-0.1, -0.05) is 30.3 Å². The van der Waals surface area contributed by atoms with Gasteiger partial charge in [0.15, 0.2) is 0 Å². The van der Waals surface area contributed by atoms with E-state index in [1.54, 1.807) is 0 Å². The zero-order valence-corrected chi connectivity index (χ0v) is 16.5. The summed E-state index contributed by atoms with van der Waals surface area (Å²) in [6.45, 7) is 3.27. The second-order valence-electron chi connectivity index (χ2n) is 8.15. The minimum absolute atomic E-state index is 0.00395. The second kappa shape index (κ2) is 8.89. The Morgan fingerprint density at radius 3 is 2.50 bits per heavy atom. The molecule has 1 fully saturated rings. The molecule has 2 aromatic rings. The van der Waals surface area contributed by atoms with E-state index >= 15 is 0 Å². The van der Waals surface area contributed by atoms with Crippen LogP contribution >= 0.6 is 0 Å². The minimum Gasteiger partial charge on any atom is -0.393 e. The van der Waals surface area contributed by atoms with Crippen molar-refractivity contribution in [3.8, 4) is 0 Å². The molecule has 1 aliphatic heterocycles. The number of carbonyl (C=O) groups excluding carboxylic acids is 1. The largest absolute Gasteiger partial charge is 0.393 e. The number of likely N-dealkylation sites (tertiary alicyclic amines) is 1. The predicted molar refractivity (Wildman–Crippen MR) is 111 cm³/mol. The Morgan fingerprint density at radius 2 is 1.71 bits per heavy atom. The van der Waals surface area contributed by atoms with Crippen LogP contribution in [-0.4, -0.2) is 35.1 Å². The lowest BCUT2D eigenvalue weighted by molar-refractivity contribution is 0.0790. The lowest BCUT2D eigenvalue weighted by atomic mass is 9.90. The number of aryl methyl sites for hydroxylation is 2. The number of carbonyl (C=O) groups is 1. The molecular formula is C24H30N2O2. The van der Waals surface area contributed by atoms with Gasteiger partial charge in [0.2, 0.25) is 0 Å². The summed E-state index contributed by atoms with van der Waals surface area (Å²) >= 11 is 0. The molecule has 4 rings (SSSR count). The first kappa shape index (κ1) is 19.2. The van der Waals surface area contributed by atoms with E-state index in [9.17, 15) is 9.90 Å². The number of nitrogens with zero attached hydrogens (tertiary/aromatic N) is 1. The molecule has 1 saturated heterocycles. The van der Waals surface area contributed by atoms with Crippen LogP contribution < -0.4 is 5.32 Å². The Labute approximate surface area is 167 Å². The van der Waals surface area contributed by atoms with E-state index in [2.05, 4.69) is 40.5 Å². The van der Waals surface area contributed by atoms with Crippen LogP contribution in [0.3, 0.4) is 0 Å². The summed E-state index contributed by atoms with van der Waals surface area (Å²) in [4.78, 5) is 15.1. The maximum absolute atomic E-state index is 12.7. The van der Waals surface area contributed by atoms with E-state index in [0.717, 1.165) is 50.9 Å². The fraction of sp³-hybridized carbons (Fsp3) is 0.458. The number of hydrogen-bond donors (Lipinski definition) is 2. The molecule has 4 nitrogen and oxygen atoms in total. The first-order valence-corrected chi connectivity index (χ1v) is 10.6. The number of hydrogen-bond acceptors (Lipinski definition) is 3. The minimum atomic E-state index is -0.151. The Kier molecular flexibility index (Phi) is 6.08. The summed E-state index contributed by atoms with van der Waals surface area (Å²) in [5.74, 6) is 0.00395. The average molecular weight is 379 g/mol. The van der Waals surface area contributed by atoms with Crippen LogP contribution in [0.5, 0.6) is 0 Å². The van der Waals surface area contributed by atoms with Crippen LogP contribution in [0.4, 0.5) is 0 Å². The van der Waals surface area contributed by atoms with Crippen LogP contribution in [0.25, 0.3) is 0 Å². The molecule has 1 amide bonds. The van der Waals surface area contributed by atoms with Crippen LogP contribution in [0.1, 0.15) is 58.3 Å². The molecule has 0 spiro atoms. The van der Waals surface area contributed by atoms with Gasteiger partial charge in [-0.15, -0.1) is 0 Å². The van der Waals surface area contributed by atoms with Gasteiger partial charge in [-0.2, -0.15) is 0 Å². The summed E-state index contributed by atoms with van der Waals surface area (Å²) in [6, 6.07) is 14.5. The Bertz CT molecular complexity index is 825. The third-order valence-electron chi connectivity index (χ3n) is 6.12. The van der Waals surface area contributed by atoms with Gasteiger partial charge in [0, 0.05) is 31.7 Å². The Hall–Kier alpha value is -2.17. The SMILES string of the molecule is O=C(NCc1ccccc1CN1CCC(O)CC1)c1ccc2c(c1)CCCC2. The zero-order chi connectivity index (χ0) is 19.3. The standard InChI is InChI=1S/C24H30N2O2/c27-23-11-13-26(14-12-23)17-22-8-4-3-7-21(22)16-25-24(28)20-10-9-18-5-1-2-6-19(18)15-20/h3-4,7-10,15,23,27H,1-2,5-6,11-14,16-17H2,(H,25,28). The van der Waals surface area contributed by atoms with Gasteiger partial charge in [0.25, 0.3) is 5.91 Å². The fourth-order valence-corrected chi connectivity index (χ4v) is 4.35. The summed E-state index contributed by atoms with van der Waals surface area (Å²) in [7, 11) is 0. The number of amides is 1. The molecule has 4 heteroatoms. The van der Waals surface area contributed by atoms with Crippen molar-refractivity contribution in [1.29, 1.82) is 0 Å². The summed E-state index contributed by atoms with van der Waals surface area (Å²) in [5, 5.41) is 12.8. The Balaban J connectivity index is 1.39. The summed E-state index contributed by atoms with van der Waals surface area (Å²) in [5.41, 5.74) is 5.93. The Morgan fingerprint density at radius 1 is 1.00 bits per heavy atom. The molecule has 0 atom stereocenters. The smallest absolute Gasteiger partial charge is 0.251 e. The topological polar surface area (TPSA) is 52.6 Å². The maximum Gasteiger partial charge on any atom is 0.251 e. The van der Waals surface area contributed by atoms with Crippen LogP contribution in [-0.2, 0) is 25.9 Å². The number of fused-ring (bicyclic) bond motifs is 1. The molecule has 2 N–H and O–H groups in total. The first-order valence-electron chi connectivity index (χ1n) is 10.6. The number of aliphatic hydroxyl groups excluding tert-OH is 1. The van der Waals surface area contributed by atoms with Gasteiger partial charge in [-0.05, 0) is 72.9 Å². The lowest BCUT2D eigenvalue weighted by Crippen LogP contribution is -2.35. The molecule has 28 heavy (non-hydrogen) atoms. The molecule has 1 aliphatic carbocycles. The van der Waals surface area contributed by atoms with Crippen molar-refractivity contribution >= 4 is 5.91 Å². The fourth-order valence-electron chi connectivity index (χ4n) is 4.35. The average Bonchev–Trinajstić information content (AvgIpc) is 2.74. The normalized spacial score (nSPS) is 17.9. The lowest BCUT2D eigenvalue weighted by Gasteiger charge is -2.30. The molecule has 0 aromatic heterocycles. The van der Waals surface area contributed by atoms with Crippen molar-refractivity contribution < 1.29 is 9.90 Å². The van der Waals surface area contributed by atoms with Gasteiger partial charge in [-0.25, -0.2) is 0 Å². The monoisotopic (exact) mass is 378 g/mol. The number of rotatable bonds is 5. The van der Waals surface area contributed by atoms with E-state index in [1.807, 2.05) is 12.1 Å². The highest BCUT2D eigenvalue weighted by Gasteiger charge is 2.18. The van der Waals surface area contributed by atoms with Crippen molar-refractivity contribution in [3.63, 3.8) is 0 Å². The molecule has 2 aliphatic rings. The van der Waals surface area contributed by atoms with Crippen molar-refractivity contribution in [2.45, 2.75) is 57.7 Å². The number of aliphatic hydroxyl groups is 1. The highest BCUT2D eigenvalue weighted by molar-refractivity contribution is 5.94. The molecule has 0 saturated carbocycles. The molecule has 0 bridgehead atoms. The van der Waals surface area contributed by atoms with Crippen LogP contribution in [0, 0.1) is 0 Å². The predicted octanol–water partition coefficient (Wildman–Crippen LogP) is 3.45. The summed E-state index contributed by atoms with van der Waals surface area (Å²) in [6.07, 6.45) is 6.24. The van der Waals surface area contributed by atoms with Crippen molar-refractivity contribution in [1.82, 2.24) is 10.2 Å². The number of nitrogens with one attached hydrogen (secondary N) is 1. The van der Waals surface area contributed by atoms with Gasteiger partial charge in [0.1, 0.15) is 0 Å². The van der Waals surface area contributed by atoms with Crippen molar-refractivity contribution in [2.24, 2.45) is 0 Å². The van der Waals surface area contributed by atoms with Gasteiger partial charge < -0.3 is 10.4 Å². The number of benzene rings is 2. The third kappa shape index (κ3) is 4.62. The van der Waals surface area contributed by atoms with E-state index in [-0.39, 0.29) is 12.0 Å². The molecule has 1 heterocycles. The first-order chi connectivity index (χ1) is 13.7. The zero-order valence-electron chi connectivity index (χ0n) is 16.5. The van der Waals surface area contributed by atoms with Crippen LogP contribution in [0.2, 0.25) is 0 Å².